The van der Waals surface area contributed by atoms with Crippen LogP contribution in [-0.2, 0) is 0 Å². The molecule has 5 N–H and O–H groups in total. The molecule has 3 aromatic rings. The topological polar surface area (TPSA) is 114 Å². The third-order valence-electron chi connectivity index (χ3n) is 4.69. The summed E-state index contributed by atoms with van der Waals surface area (Å²) in [7, 11) is 0. The maximum atomic E-state index is 9.74. The third-order valence-corrected chi connectivity index (χ3v) is 4.69. The van der Waals surface area contributed by atoms with Gasteiger partial charge in [0.2, 0.25) is 0 Å². The zero-order valence-corrected chi connectivity index (χ0v) is 13.6. The van der Waals surface area contributed by atoms with E-state index in [9.17, 15) is 15.3 Å². The first kappa shape index (κ1) is 15.7. The summed E-state index contributed by atoms with van der Waals surface area (Å²) >= 11 is 0. The van der Waals surface area contributed by atoms with Gasteiger partial charge >= 0.3 is 0 Å². The molecule has 130 valence electrons. The van der Waals surface area contributed by atoms with Gasteiger partial charge in [0.1, 0.15) is 11.5 Å². The molecular formula is C18H20N4O3. The van der Waals surface area contributed by atoms with Crippen LogP contribution in [0, 0.1) is 0 Å². The number of rotatable bonds is 3. The summed E-state index contributed by atoms with van der Waals surface area (Å²) in [6.45, 7) is 0. The van der Waals surface area contributed by atoms with E-state index in [2.05, 4.69) is 20.3 Å². The minimum atomic E-state index is -0.205. The van der Waals surface area contributed by atoms with Crippen LogP contribution in [-0.4, -0.2) is 42.4 Å². The zero-order chi connectivity index (χ0) is 17.4. The number of fused-ring (bicyclic) bond motifs is 1. The van der Waals surface area contributed by atoms with Crippen molar-refractivity contribution in [1.29, 1.82) is 0 Å². The van der Waals surface area contributed by atoms with Crippen LogP contribution >= 0.6 is 0 Å². The van der Waals surface area contributed by atoms with Crippen molar-refractivity contribution in [3.05, 3.63) is 30.5 Å². The van der Waals surface area contributed by atoms with E-state index < -0.39 is 0 Å². The number of phenols is 2. The second-order valence-corrected chi connectivity index (χ2v) is 6.49. The van der Waals surface area contributed by atoms with E-state index in [4.69, 9.17) is 0 Å². The number of aliphatic hydroxyl groups is 1. The Morgan fingerprint density at radius 1 is 1.00 bits per heavy atom. The molecule has 7 nitrogen and oxygen atoms in total. The van der Waals surface area contributed by atoms with Gasteiger partial charge in [-0.25, -0.2) is 9.97 Å². The summed E-state index contributed by atoms with van der Waals surface area (Å²) in [6, 6.07) is 6.72. The monoisotopic (exact) mass is 340 g/mol. The van der Waals surface area contributed by atoms with Crippen molar-refractivity contribution in [2.45, 2.75) is 37.8 Å². The first-order valence-corrected chi connectivity index (χ1v) is 8.42. The Bertz CT molecular complexity index is 900. The van der Waals surface area contributed by atoms with Crippen molar-refractivity contribution in [2.75, 3.05) is 5.32 Å². The Hall–Kier alpha value is -2.80. The number of hydrogen-bond acceptors (Lipinski definition) is 6. The molecule has 25 heavy (non-hydrogen) atoms. The molecule has 1 aliphatic rings. The highest BCUT2D eigenvalue weighted by Crippen LogP contribution is 2.32. The number of aromatic nitrogens is 3. The normalized spacial score (nSPS) is 20.7. The lowest BCUT2D eigenvalue weighted by atomic mass is 9.93. The fraction of sp³-hybridized carbons (Fsp3) is 0.333. The molecule has 0 unspecified atom stereocenters. The van der Waals surface area contributed by atoms with E-state index in [1.807, 2.05) is 12.3 Å². The van der Waals surface area contributed by atoms with Crippen LogP contribution in [0.4, 0.5) is 5.82 Å². The Kier molecular flexibility index (Phi) is 3.93. The second kappa shape index (κ2) is 6.25. The number of benzene rings is 1. The predicted molar refractivity (Wildman–Crippen MR) is 94.5 cm³/mol. The molecule has 1 aromatic carbocycles. The number of nitrogens with one attached hydrogen (secondary N) is 2. The van der Waals surface area contributed by atoms with Crippen molar-refractivity contribution in [3.63, 3.8) is 0 Å². The van der Waals surface area contributed by atoms with Crippen molar-refractivity contribution >= 4 is 16.9 Å². The fourth-order valence-corrected chi connectivity index (χ4v) is 3.26. The van der Waals surface area contributed by atoms with Crippen LogP contribution in [0.1, 0.15) is 25.7 Å². The van der Waals surface area contributed by atoms with Crippen molar-refractivity contribution < 1.29 is 15.3 Å². The van der Waals surface area contributed by atoms with Gasteiger partial charge in [0.25, 0.3) is 0 Å². The number of aromatic amines is 1. The zero-order valence-electron chi connectivity index (χ0n) is 13.6. The predicted octanol–water partition coefficient (Wildman–Crippen LogP) is 2.75. The van der Waals surface area contributed by atoms with Gasteiger partial charge in [0, 0.05) is 17.8 Å². The van der Waals surface area contributed by atoms with Gasteiger partial charge in [-0.15, -0.1) is 0 Å². The number of aromatic hydroxyl groups is 2. The highest BCUT2D eigenvalue weighted by molar-refractivity contribution is 5.88. The van der Waals surface area contributed by atoms with Crippen LogP contribution in [0.5, 0.6) is 11.5 Å². The lowest BCUT2D eigenvalue weighted by Gasteiger charge is -2.26. The van der Waals surface area contributed by atoms with Crippen molar-refractivity contribution in [1.82, 2.24) is 15.0 Å². The molecule has 1 aliphatic carbocycles. The molecule has 0 radical (unpaired) electrons. The maximum absolute atomic E-state index is 9.74. The van der Waals surface area contributed by atoms with Crippen LogP contribution < -0.4 is 5.32 Å². The van der Waals surface area contributed by atoms with E-state index in [0.29, 0.717) is 17.0 Å². The molecule has 0 saturated heterocycles. The van der Waals surface area contributed by atoms with Crippen LogP contribution in [0.2, 0.25) is 0 Å². The molecule has 0 aliphatic heterocycles. The number of phenolic OH excluding ortho intramolecular Hbond substituents is 2. The van der Waals surface area contributed by atoms with E-state index in [0.717, 1.165) is 36.9 Å². The standard InChI is InChI=1S/C18H20N4O3/c23-12-4-2-11(3-5-12)20-18-13-7-8-19-17(13)21-16(22-18)10-1-6-14(24)15(25)9-10/h1,6-9,11-12,23-25H,2-5H2,(H2,19,20,21,22). The number of nitrogens with zero attached hydrogens (tertiary/aromatic N) is 2. The Morgan fingerprint density at radius 3 is 2.56 bits per heavy atom. The number of H-pyrrole nitrogens is 1. The van der Waals surface area contributed by atoms with Gasteiger partial charge in [-0.2, -0.15) is 0 Å². The van der Waals surface area contributed by atoms with Gasteiger partial charge in [-0.05, 0) is 49.9 Å². The van der Waals surface area contributed by atoms with Crippen LogP contribution in [0.25, 0.3) is 22.4 Å². The molecule has 7 heteroatoms. The SMILES string of the molecule is Oc1ccc(-c2nc(NC3CCC(O)CC3)c3cc[nH]c3n2)cc1O. The molecule has 2 aromatic heterocycles. The number of hydrogen-bond donors (Lipinski definition) is 5. The average Bonchev–Trinajstić information content (AvgIpc) is 3.08. The van der Waals surface area contributed by atoms with E-state index >= 15 is 0 Å². The van der Waals surface area contributed by atoms with Crippen LogP contribution in [0.15, 0.2) is 30.5 Å². The second-order valence-electron chi connectivity index (χ2n) is 6.49. The van der Waals surface area contributed by atoms with Gasteiger partial charge in [0.05, 0.1) is 11.5 Å². The van der Waals surface area contributed by atoms with E-state index in [1.165, 1.54) is 12.1 Å². The quantitative estimate of drug-likeness (QED) is 0.468. The Balaban J connectivity index is 1.70. The average molecular weight is 340 g/mol. The summed E-state index contributed by atoms with van der Waals surface area (Å²) in [4.78, 5) is 12.2. The maximum Gasteiger partial charge on any atom is 0.164 e. The molecule has 0 atom stereocenters. The first-order chi connectivity index (χ1) is 12.1. The van der Waals surface area contributed by atoms with Gasteiger partial charge in [0.15, 0.2) is 17.3 Å². The lowest BCUT2D eigenvalue weighted by molar-refractivity contribution is 0.126. The largest absolute Gasteiger partial charge is 0.504 e. The molecular weight excluding hydrogens is 320 g/mol. The van der Waals surface area contributed by atoms with E-state index in [1.54, 1.807) is 6.07 Å². The Labute approximate surface area is 144 Å². The fourth-order valence-electron chi connectivity index (χ4n) is 3.26. The number of anilines is 1. The molecule has 1 saturated carbocycles. The highest BCUT2D eigenvalue weighted by atomic mass is 16.3. The summed E-state index contributed by atoms with van der Waals surface area (Å²) in [5, 5.41) is 33.3. The molecule has 0 amide bonds. The van der Waals surface area contributed by atoms with Crippen molar-refractivity contribution in [3.8, 4) is 22.9 Å². The highest BCUT2D eigenvalue weighted by Gasteiger charge is 2.21. The molecule has 2 heterocycles. The summed E-state index contributed by atoms with van der Waals surface area (Å²) in [5.74, 6) is 0.811. The van der Waals surface area contributed by atoms with Gasteiger partial charge in [-0.3, -0.25) is 0 Å². The molecule has 1 fully saturated rings. The summed E-state index contributed by atoms with van der Waals surface area (Å²) in [5.41, 5.74) is 1.32. The first-order valence-electron chi connectivity index (χ1n) is 8.42. The van der Waals surface area contributed by atoms with Gasteiger partial charge in [-0.1, -0.05) is 0 Å². The van der Waals surface area contributed by atoms with Crippen molar-refractivity contribution in [2.24, 2.45) is 0 Å². The van der Waals surface area contributed by atoms with Gasteiger partial charge < -0.3 is 25.6 Å². The lowest BCUT2D eigenvalue weighted by Crippen LogP contribution is -2.28. The molecule has 0 bridgehead atoms. The summed E-state index contributed by atoms with van der Waals surface area (Å²) in [6.07, 6.45) is 4.98. The molecule has 0 spiro atoms. The van der Waals surface area contributed by atoms with Crippen LogP contribution in [0.3, 0.4) is 0 Å². The smallest absolute Gasteiger partial charge is 0.164 e. The minimum absolute atomic E-state index is 0.177. The third kappa shape index (κ3) is 3.10. The summed E-state index contributed by atoms with van der Waals surface area (Å²) < 4.78 is 0. The molecule has 4 rings (SSSR count). The van der Waals surface area contributed by atoms with E-state index in [-0.39, 0.29) is 23.6 Å². The number of aliphatic hydroxyl groups excluding tert-OH is 1. The Morgan fingerprint density at radius 2 is 1.80 bits per heavy atom. The minimum Gasteiger partial charge on any atom is -0.504 e.